The average molecular weight is 415 g/mol. The number of hydrogen-bond donors (Lipinski definition) is 1. The van der Waals surface area contributed by atoms with E-state index in [-0.39, 0.29) is 5.43 Å². The van der Waals surface area contributed by atoms with E-state index in [9.17, 15) is 9.90 Å². The van der Waals surface area contributed by atoms with E-state index in [2.05, 4.69) is 34.1 Å². The van der Waals surface area contributed by atoms with Crippen molar-refractivity contribution in [3.05, 3.63) is 88.6 Å². The molecule has 2 heterocycles. The number of β-amino-alcohol motifs (C(OH)–C–C–N with tert-alkyl or cyclic N) is 1. The van der Waals surface area contributed by atoms with Gasteiger partial charge in [0.15, 0.2) is 0 Å². The van der Waals surface area contributed by atoms with Crippen molar-refractivity contribution < 1.29 is 9.52 Å². The van der Waals surface area contributed by atoms with Crippen LogP contribution in [0.4, 0.5) is 5.69 Å². The molecule has 3 aromatic carbocycles. The van der Waals surface area contributed by atoms with Crippen LogP contribution < -0.4 is 10.3 Å². The van der Waals surface area contributed by atoms with Crippen molar-refractivity contribution in [2.45, 2.75) is 12.5 Å². The van der Waals surface area contributed by atoms with Crippen LogP contribution in [0.15, 0.2) is 82.0 Å². The number of rotatable bonds is 5. The molecule has 5 heteroatoms. The Morgan fingerprint density at radius 1 is 0.839 bits per heavy atom. The van der Waals surface area contributed by atoms with Gasteiger partial charge in [0.05, 0.1) is 16.9 Å². The highest BCUT2D eigenvalue weighted by Crippen LogP contribution is 2.21. The predicted octanol–water partition coefficient (Wildman–Crippen LogP) is 3.67. The highest BCUT2D eigenvalue weighted by atomic mass is 16.3. The first-order valence-electron chi connectivity index (χ1n) is 10.8. The fourth-order valence-corrected chi connectivity index (χ4v) is 4.44. The highest BCUT2D eigenvalue weighted by Gasteiger charge is 2.20. The van der Waals surface area contributed by atoms with Gasteiger partial charge >= 0.3 is 0 Å². The molecule has 1 aliphatic heterocycles. The molecule has 1 fully saturated rings. The zero-order chi connectivity index (χ0) is 21.2. The molecule has 5 rings (SSSR count). The Bertz CT molecular complexity index is 1240. The number of aliphatic hydroxyl groups is 1. The molecule has 1 aliphatic rings. The molecule has 5 nitrogen and oxygen atoms in total. The minimum atomic E-state index is -0.478. The molecular formula is C26H26N2O3. The van der Waals surface area contributed by atoms with E-state index in [0.29, 0.717) is 34.9 Å². The van der Waals surface area contributed by atoms with Gasteiger partial charge < -0.3 is 14.4 Å². The topological polar surface area (TPSA) is 56.9 Å². The molecular weight excluding hydrogens is 388 g/mol. The van der Waals surface area contributed by atoms with Gasteiger partial charge in [-0.1, -0.05) is 36.4 Å². The SMILES string of the molecule is O=c1c2ccccc2oc2ccc(CC(O)CN3CCN(c4ccccc4)CC3)cc12. The Labute approximate surface area is 181 Å². The molecule has 4 aromatic rings. The number of hydrogen-bond acceptors (Lipinski definition) is 5. The van der Waals surface area contributed by atoms with Crippen molar-refractivity contribution >= 4 is 27.6 Å². The van der Waals surface area contributed by atoms with E-state index in [4.69, 9.17) is 4.42 Å². The summed E-state index contributed by atoms with van der Waals surface area (Å²) in [5.74, 6) is 0. The Morgan fingerprint density at radius 2 is 1.55 bits per heavy atom. The summed E-state index contributed by atoms with van der Waals surface area (Å²) in [5.41, 5.74) is 3.36. The number of fused-ring (bicyclic) bond motifs is 2. The lowest BCUT2D eigenvalue weighted by molar-refractivity contribution is 0.109. The van der Waals surface area contributed by atoms with Gasteiger partial charge in [0, 0.05) is 38.4 Å². The third kappa shape index (κ3) is 4.20. The summed E-state index contributed by atoms with van der Waals surface area (Å²) in [6.07, 6.45) is 0.0365. The number of piperazine rings is 1. The number of para-hydroxylation sites is 2. The number of benzene rings is 3. The molecule has 1 unspecified atom stereocenters. The molecule has 0 spiro atoms. The molecule has 0 bridgehead atoms. The standard InChI is InChI=1S/C26H26N2O3/c29-21(18-27-12-14-28(15-13-27)20-6-2-1-3-7-20)16-19-10-11-25-23(17-19)26(30)22-8-4-5-9-24(22)31-25/h1-11,17,21,29H,12-16,18H2. The first kappa shape index (κ1) is 19.8. The van der Waals surface area contributed by atoms with Crippen LogP contribution in [-0.4, -0.2) is 48.8 Å². The minimum absolute atomic E-state index is 0.0229. The number of nitrogens with zero attached hydrogens (tertiary/aromatic N) is 2. The van der Waals surface area contributed by atoms with Crippen LogP contribution in [0.25, 0.3) is 21.9 Å². The first-order chi connectivity index (χ1) is 15.2. The molecule has 1 aromatic heterocycles. The molecule has 0 amide bonds. The monoisotopic (exact) mass is 414 g/mol. The smallest absolute Gasteiger partial charge is 0.200 e. The molecule has 0 aliphatic carbocycles. The van der Waals surface area contributed by atoms with E-state index >= 15 is 0 Å². The van der Waals surface area contributed by atoms with E-state index < -0.39 is 6.10 Å². The molecule has 1 atom stereocenters. The van der Waals surface area contributed by atoms with Gasteiger partial charge in [-0.3, -0.25) is 9.69 Å². The lowest BCUT2D eigenvalue weighted by Gasteiger charge is -2.37. The summed E-state index contributed by atoms with van der Waals surface area (Å²) in [7, 11) is 0. The van der Waals surface area contributed by atoms with Crippen LogP contribution in [0.2, 0.25) is 0 Å². The van der Waals surface area contributed by atoms with Gasteiger partial charge in [-0.2, -0.15) is 0 Å². The van der Waals surface area contributed by atoms with Crippen molar-refractivity contribution in [1.82, 2.24) is 4.90 Å². The molecule has 31 heavy (non-hydrogen) atoms. The Morgan fingerprint density at radius 3 is 2.35 bits per heavy atom. The zero-order valence-electron chi connectivity index (χ0n) is 17.4. The van der Waals surface area contributed by atoms with E-state index in [1.54, 1.807) is 6.07 Å². The van der Waals surface area contributed by atoms with Crippen molar-refractivity contribution in [3.63, 3.8) is 0 Å². The maximum absolute atomic E-state index is 12.9. The molecule has 1 saturated heterocycles. The average Bonchev–Trinajstić information content (AvgIpc) is 2.81. The summed E-state index contributed by atoms with van der Waals surface area (Å²) < 4.78 is 5.88. The van der Waals surface area contributed by atoms with Crippen molar-refractivity contribution in [2.24, 2.45) is 0 Å². The molecule has 158 valence electrons. The van der Waals surface area contributed by atoms with Crippen molar-refractivity contribution in [1.29, 1.82) is 0 Å². The van der Waals surface area contributed by atoms with Crippen LogP contribution in [0.3, 0.4) is 0 Å². The van der Waals surface area contributed by atoms with Crippen LogP contribution >= 0.6 is 0 Å². The summed E-state index contributed by atoms with van der Waals surface area (Å²) in [6, 6.07) is 23.4. The van der Waals surface area contributed by atoms with Crippen molar-refractivity contribution in [2.75, 3.05) is 37.6 Å². The van der Waals surface area contributed by atoms with Gasteiger partial charge in [0.1, 0.15) is 11.2 Å². The zero-order valence-corrected chi connectivity index (χ0v) is 17.4. The van der Waals surface area contributed by atoms with Crippen LogP contribution in [0.1, 0.15) is 5.56 Å². The molecule has 0 radical (unpaired) electrons. The van der Waals surface area contributed by atoms with Gasteiger partial charge in [-0.05, 0) is 48.4 Å². The molecule has 1 N–H and O–H groups in total. The second-order valence-electron chi connectivity index (χ2n) is 8.24. The van der Waals surface area contributed by atoms with Crippen LogP contribution in [0.5, 0.6) is 0 Å². The van der Waals surface area contributed by atoms with E-state index in [0.717, 1.165) is 31.7 Å². The lowest BCUT2D eigenvalue weighted by atomic mass is 10.0. The maximum Gasteiger partial charge on any atom is 0.200 e. The van der Waals surface area contributed by atoms with Crippen molar-refractivity contribution in [3.8, 4) is 0 Å². The fourth-order valence-electron chi connectivity index (χ4n) is 4.44. The third-order valence-electron chi connectivity index (χ3n) is 6.07. The third-order valence-corrected chi connectivity index (χ3v) is 6.07. The quantitative estimate of drug-likeness (QED) is 0.505. The number of aliphatic hydroxyl groups excluding tert-OH is 1. The Kier molecular flexibility index (Phi) is 5.45. The van der Waals surface area contributed by atoms with Crippen LogP contribution in [-0.2, 0) is 6.42 Å². The molecule has 0 saturated carbocycles. The minimum Gasteiger partial charge on any atom is -0.456 e. The highest BCUT2D eigenvalue weighted by molar-refractivity contribution is 5.89. The summed E-state index contributed by atoms with van der Waals surface area (Å²) >= 11 is 0. The summed E-state index contributed by atoms with van der Waals surface area (Å²) in [6.45, 7) is 4.41. The van der Waals surface area contributed by atoms with Gasteiger partial charge in [-0.15, -0.1) is 0 Å². The Hall–Kier alpha value is -3.15. The predicted molar refractivity (Wildman–Crippen MR) is 125 cm³/mol. The lowest BCUT2D eigenvalue weighted by Crippen LogP contribution is -2.48. The fraction of sp³-hybridized carbons (Fsp3) is 0.269. The first-order valence-corrected chi connectivity index (χ1v) is 10.8. The van der Waals surface area contributed by atoms with Gasteiger partial charge in [-0.25, -0.2) is 0 Å². The second-order valence-corrected chi connectivity index (χ2v) is 8.24. The second kappa shape index (κ2) is 8.53. The van der Waals surface area contributed by atoms with Gasteiger partial charge in [0.2, 0.25) is 5.43 Å². The van der Waals surface area contributed by atoms with E-state index in [1.807, 2.05) is 42.5 Å². The maximum atomic E-state index is 12.9. The largest absolute Gasteiger partial charge is 0.456 e. The normalized spacial score (nSPS) is 16.1. The van der Waals surface area contributed by atoms with Gasteiger partial charge in [0.25, 0.3) is 0 Å². The summed E-state index contributed by atoms with van der Waals surface area (Å²) in [5, 5.41) is 11.9. The number of anilines is 1. The van der Waals surface area contributed by atoms with E-state index in [1.165, 1.54) is 5.69 Å². The summed E-state index contributed by atoms with van der Waals surface area (Å²) in [4.78, 5) is 17.6. The Balaban J connectivity index is 1.24. The van der Waals surface area contributed by atoms with Crippen LogP contribution in [0, 0.1) is 0 Å².